The fraction of sp³-hybridized carbons (Fsp3) is 0.769. The zero-order chi connectivity index (χ0) is 42.2. The molecule has 0 spiro atoms. The first-order chi connectivity index (χ1) is 24.7. The number of carbonyl (C=O) groups excluding carboxylic acids is 2. The Morgan fingerprint density at radius 1 is 1.13 bits per heavy atom. The summed E-state index contributed by atoms with van der Waals surface area (Å²) in [5.41, 5.74) is 3.82. The van der Waals surface area contributed by atoms with E-state index in [1.807, 2.05) is 67.7 Å². The molecule has 1 aliphatic heterocycles. The second-order valence-electron chi connectivity index (χ2n) is 11.4. The van der Waals surface area contributed by atoms with Gasteiger partial charge in [-0.2, -0.15) is 0 Å². The minimum Gasteiger partial charge on any atom is -0.839 e. The number of ether oxygens (including phenoxy) is 1. The van der Waals surface area contributed by atoms with E-state index < -0.39 is 35.9 Å². The SMILES string of the molecule is C=C/C=C\SCN(CC(OC(=O)NC[O-])C(C)(C)C)S(C)=O.CC.CC.CC.CC(=O)O.CC/C=C\CCCCCC.C[C@@H]1CCCNC1.NC=O.[K+]. The summed E-state index contributed by atoms with van der Waals surface area (Å²) in [5, 5.41) is 25.1. The molecule has 0 saturated carbocycles. The van der Waals surface area contributed by atoms with Gasteiger partial charge in [-0.25, -0.2) is 13.3 Å². The van der Waals surface area contributed by atoms with Gasteiger partial charge in [0.05, 0.1) is 23.4 Å². The molecule has 0 aromatic carbocycles. The van der Waals surface area contributed by atoms with Crippen LogP contribution in [0.2, 0.25) is 0 Å². The van der Waals surface area contributed by atoms with Gasteiger partial charge in [-0.3, -0.25) is 9.59 Å². The van der Waals surface area contributed by atoms with E-state index in [2.05, 4.69) is 55.9 Å². The molecule has 0 radical (unpaired) electrons. The molecule has 3 atom stereocenters. The van der Waals surface area contributed by atoms with Gasteiger partial charge in [-0.1, -0.05) is 140 Å². The number of carbonyl (C=O) groups is 3. The molecule has 0 aromatic rings. The maximum absolute atomic E-state index is 11.9. The number of amides is 2. The van der Waals surface area contributed by atoms with Crippen molar-refractivity contribution in [3.63, 3.8) is 0 Å². The number of primary amides is 1. The Morgan fingerprint density at radius 3 is 2.00 bits per heavy atom. The fourth-order valence-electron chi connectivity index (χ4n) is 3.37. The molecule has 0 aliphatic carbocycles. The van der Waals surface area contributed by atoms with Gasteiger partial charge in [0.2, 0.25) is 6.41 Å². The van der Waals surface area contributed by atoms with Gasteiger partial charge in [0.15, 0.2) is 0 Å². The van der Waals surface area contributed by atoms with Gasteiger partial charge in [-0.05, 0) is 56.5 Å². The van der Waals surface area contributed by atoms with Crippen molar-refractivity contribution in [2.45, 2.75) is 147 Å². The minimum atomic E-state index is -1.20. The molecule has 1 aliphatic rings. The van der Waals surface area contributed by atoms with Crippen LogP contribution in [0.1, 0.15) is 141 Å². The zero-order valence-electron chi connectivity index (χ0n) is 36.8. The number of nitrogens with two attached hydrogens (primary N) is 1. The predicted molar refractivity (Wildman–Crippen MR) is 227 cm³/mol. The number of carboxylic acid groups (broad SMARTS) is 1. The number of carboxylic acids is 1. The van der Waals surface area contributed by atoms with Gasteiger partial charge >= 0.3 is 57.5 Å². The number of nitrogens with one attached hydrogen (secondary N) is 2. The van der Waals surface area contributed by atoms with E-state index in [0.717, 1.165) is 12.8 Å². The summed E-state index contributed by atoms with van der Waals surface area (Å²) in [6, 6.07) is 0. The Morgan fingerprint density at radius 2 is 1.66 bits per heavy atom. The number of alkyl carbamates (subject to hydrolysis) is 1. The molecule has 0 aromatic heterocycles. The van der Waals surface area contributed by atoms with Crippen LogP contribution in [0.5, 0.6) is 0 Å². The van der Waals surface area contributed by atoms with Crippen LogP contribution in [0.15, 0.2) is 36.3 Å². The number of nitrogens with zero attached hydrogens (tertiary/aromatic N) is 1. The molecule has 1 heterocycles. The third-order valence-electron chi connectivity index (χ3n) is 5.86. The molecular formula is C39H83KN4O7S2. The summed E-state index contributed by atoms with van der Waals surface area (Å²) in [5.74, 6) is 0.584. The topological polar surface area (TPSA) is 174 Å². The molecule has 5 N–H and O–H groups in total. The van der Waals surface area contributed by atoms with Gasteiger partial charge < -0.3 is 31.3 Å². The summed E-state index contributed by atoms with van der Waals surface area (Å²) >= 11 is 1.47. The zero-order valence-corrected chi connectivity index (χ0v) is 41.5. The molecule has 1 rings (SSSR count). The smallest absolute Gasteiger partial charge is 0.839 e. The number of thioether (sulfide) groups is 1. The first kappa shape index (κ1) is 70.3. The molecule has 0 bridgehead atoms. The first-order valence-electron chi connectivity index (χ1n) is 18.9. The van der Waals surface area contributed by atoms with Gasteiger partial charge in [0.1, 0.15) is 6.10 Å². The van der Waals surface area contributed by atoms with Crippen LogP contribution >= 0.6 is 11.8 Å². The molecule has 2 unspecified atom stereocenters. The number of rotatable bonds is 15. The second kappa shape index (κ2) is 60.7. The number of unbranched alkanes of at least 4 members (excludes halogenated alkanes) is 4. The van der Waals surface area contributed by atoms with Crippen molar-refractivity contribution in [2.24, 2.45) is 17.1 Å². The average molecular weight is 823 g/mol. The fourth-order valence-corrected chi connectivity index (χ4v) is 5.07. The van der Waals surface area contributed by atoms with Crippen molar-refractivity contribution >= 4 is 41.2 Å². The second-order valence-corrected chi connectivity index (χ2v) is 13.6. The molecule has 11 nitrogen and oxygen atoms in total. The van der Waals surface area contributed by atoms with Gasteiger partial charge in [0, 0.05) is 18.6 Å². The third-order valence-corrected chi connectivity index (χ3v) is 7.84. The molecular weight excluding hydrogens is 740 g/mol. The van der Waals surface area contributed by atoms with Crippen LogP contribution < -0.4 is 72.9 Å². The largest absolute Gasteiger partial charge is 1.00 e. The number of aliphatic carboxylic acids is 1. The van der Waals surface area contributed by atoms with Crippen molar-refractivity contribution in [2.75, 3.05) is 38.5 Å². The molecule has 14 heteroatoms. The average Bonchev–Trinajstić information content (AvgIpc) is 3.10. The van der Waals surface area contributed by atoms with Crippen LogP contribution in [-0.4, -0.2) is 76.7 Å². The number of hydrogen-bond acceptors (Lipinski definition) is 8. The van der Waals surface area contributed by atoms with E-state index in [4.69, 9.17) is 19.4 Å². The summed E-state index contributed by atoms with van der Waals surface area (Å²) in [7, 11) is -1.20. The Bertz CT molecular complexity index is 822. The van der Waals surface area contributed by atoms with Crippen LogP contribution in [0.3, 0.4) is 0 Å². The Kier molecular flexibility index (Phi) is 80.5. The van der Waals surface area contributed by atoms with E-state index in [1.165, 1.54) is 76.2 Å². The number of piperidine rings is 1. The molecule has 2 amide bonds. The summed E-state index contributed by atoms with van der Waals surface area (Å²) < 4.78 is 18.9. The Labute approximate surface area is 377 Å². The van der Waals surface area contributed by atoms with Crippen LogP contribution in [0.25, 0.3) is 0 Å². The maximum Gasteiger partial charge on any atom is 1.00 e. The Hall–Kier alpha value is -0.554. The molecule has 1 fully saturated rings. The van der Waals surface area contributed by atoms with Gasteiger partial charge in [-0.15, -0.1) is 11.8 Å². The van der Waals surface area contributed by atoms with Crippen molar-refractivity contribution in [3.8, 4) is 0 Å². The quantitative estimate of drug-likeness (QED) is 0.0408. The van der Waals surface area contributed by atoms with Crippen molar-refractivity contribution in [1.82, 2.24) is 14.9 Å². The number of allylic oxidation sites excluding steroid dienone is 4. The normalized spacial score (nSPS) is 13.6. The standard InChI is InChI=1S/C14H25N2O4S2.C10H20.C6H13N.C2H4O2.3C2H6.CH3NO.K/c1-6-7-8-21-11-16(22(5)19)9-12(14(2,3)4)20-13(18)15-10-17;1-3-5-7-9-10-8-6-4-2;1-6-3-2-4-7-5-6;1-2(3)4;3*1-2;2-1-3;/h6-8,12H,1,9-11H2,2-5H3,(H,15,18);5,7H,3-4,6,8-10H2,1-2H3;6-7H,2-5H2,1H3;1H3,(H,3,4);3*1-2H3;1H,(H2,2,3);/q-1;;;;;;;;+1/b8-7-;7-5-;;;;;;;/t;;6-;;;;;;/m..1....../s1. The summed E-state index contributed by atoms with van der Waals surface area (Å²) in [6.45, 7) is 31.2. The number of hydrogen-bond donors (Lipinski definition) is 4. The van der Waals surface area contributed by atoms with Crippen molar-refractivity contribution < 1.29 is 84.9 Å². The van der Waals surface area contributed by atoms with Crippen molar-refractivity contribution in [3.05, 3.63) is 36.3 Å². The van der Waals surface area contributed by atoms with E-state index in [1.54, 1.807) is 22.7 Å². The third kappa shape index (κ3) is 73.2. The van der Waals surface area contributed by atoms with Crippen LogP contribution in [0.4, 0.5) is 4.79 Å². The molecule has 1 saturated heterocycles. The van der Waals surface area contributed by atoms with Crippen LogP contribution in [0, 0.1) is 11.3 Å². The van der Waals surface area contributed by atoms with Crippen molar-refractivity contribution in [1.29, 1.82) is 0 Å². The maximum atomic E-state index is 11.9. The van der Waals surface area contributed by atoms with E-state index in [9.17, 15) is 14.1 Å². The van der Waals surface area contributed by atoms with Crippen LogP contribution in [-0.2, 0) is 25.3 Å². The first-order valence-corrected chi connectivity index (χ1v) is 21.4. The van der Waals surface area contributed by atoms with E-state index in [-0.39, 0.29) is 63.2 Å². The molecule has 53 heavy (non-hydrogen) atoms. The van der Waals surface area contributed by atoms with Gasteiger partial charge in [0.25, 0.3) is 5.97 Å². The summed E-state index contributed by atoms with van der Waals surface area (Å²) in [6.07, 6.45) is 19.4. The molecule has 314 valence electrons. The Balaban J connectivity index is -0.0000000899. The monoisotopic (exact) mass is 823 g/mol. The minimum absolute atomic E-state index is 0. The van der Waals surface area contributed by atoms with E-state index >= 15 is 0 Å². The predicted octanol–water partition coefficient (Wildman–Crippen LogP) is 5.63. The van der Waals surface area contributed by atoms with E-state index in [0.29, 0.717) is 12.4 Å². The summed E-state index contributed by atoms with van der Waals surface area (Å²) in [4.78, 5) is 29.1.